The van der Waals surface area contributed by atoms with Crippen LogP contribution in [0.4, 0.5) is 14.9 Å². The Morgan fingerprint density at radius 3 is 2.43 bits per heavy atom. The van der Waals surface area contributed by atoms with Crippen LogP contribution in [0.25, 0.3) is 20.8 Å². The van der Waals surface area contributed by atoms with Gasteiger partial charge in [-0.15, -0.1) is 11.3 Å². The molecule has 0 radical (unpaired) electrons. The topological polar surface area (TPSA) is 126 Å². The minimum absolute atomic E-state index is 0.0164. The molecule has 3 N–H and O–H groups in total. The van der Waals surface area contributed by atoms with Crippen LogP contribution in [0.3, 0.4) is 0 Å². The Morgan fingerprint density at radius 2 is 1.84 bits per heavy atom. The summed E-state index contributed by atoms with van der Waals surface area (Å²) >= 11 is 1.50. The summed E-state index contributed by atoms with van der Waals surface area (Å²) in [6, 6.07) is 11.8. The fourth-order valence-corrected chi connectivity index (χ4v) is 5.44. The van der Waals surface area contributed by atoms with Crippen LogP contribution in [0, 0.1) is 5.82 Å². The average Bonchev–Trinajstić information content (AvgIpc) is 3.43. The van der Waals surface area contributed by atoms with Crippen molar-refractivity contribution in [1.82, 2.24) is 20.2 Å². The summed E-state index contributed by atoms with van der Waals surface area (Å²) < 4.78 is 26.7. The molecule has 1 aliphatic rings. The number of hydrogen-bond donors (Lipinski definition) is 3. The molecule has 0 spiro atoms. The molecule has 44 heavy (non-hydrogen) atoms. The molecule has 1 fully saturated rings. The minimum atomic E-state index is -0.584. The number of amides is 2. The number of Topliss-reactive ketones (excluding diaryl/α,β-unsaturated/α-hetero) is 1. The zero-order chi connectivity index (χ0) is 31.5. The lowest BCUT2D eigenvalue weighted by Crippen LogP contribution is -2.49. The number of carbonyl (C=O) groups is 2. The second kappa shape index (κ2) is 16.2. The number of nitrogens with zero attached hydrogens (tertiary/aromatic N) is 3. The van der Waals surface area contributed by atoms with E-state index in [-0.39, 0.29) is 24.2 Å². The molecule has 5 rings (SSSR count). The summed E-state index contributed by atoms with van der Waals surface area (Å²) in [6.45, 7) is 9.41. The van der Waals surface area contributed by atoms with Crippen molar-refractivity contribution in [3.05, 3.63) is 66.2 Å². The number of benzene rings is 1. The van der Waals surface area contributed by atoms with Gasteiger partial charge in [-0.1, -0.05) is 19.9 Å². The highest BCUT2D eigenvalue weighted by molar-refractivity contribution is 7.22. The predicted molar refractivity (Wildman–Crippen MR) is 170 cm³/mol. The van der Waals surface area contributed by atoms with Crippen molar-refractivity contribution in [3.8, 4) is 22.1 Å². The highest BCUT2D eigenvalue weighted by atomic mass is 32.1. The smallest absolute Gasteiger partial charge is 0.319 e. The normalized spacial score (nSPS) is 12.8. The molecule has 10 nitrogen and oxygen atoms in total. The van der Waals surface area contributed by atoms with Crippen molar-refractivity contribution in [2.45, 2.75) is 46.2 Å². The SMILES string of the molecule is CC(=O)CO.CCCN(CCC)Cc1ccc(-c2cc3nccc(Oc4ccc(NC(=O)NC5COC5)cc4F)c3s2)nc1. The molecular weight excluding hydrogens is 585 g/mol. The van der Waals surface area contributed by atoms with Crippen molar-refractivity contribution in [1.29, 1.82) is 0 Å². The quantitative estimate of drug-likeness (QED) is 0.176. The van der Waals surface area contributed by atoms with E-state index in [0.717, 1.165) is 53.3 Å². The molecule has 1 aliphatic heterocycles. The molecule has 1 aromatic carbocycles. The Kier molecular flexibility index (Phi) is 12.1. The zero-order valence-corrected chi connectivity index (χ0v) is 26.0. The van der Waals surface area contributed by atoms with Gasteiger partial charge >= 0.3 is 6.03 Å². The molecule has 0 saturated carbocycles. The van der Waals surface area contributed by atoms with E-state index in [2.05, 4.69) is 40.4 Å². The number of anilines is 1. The Labute approximate surface area is 260 Å². The molecule has 4 aromatic rings. The Morgan fingerprint density at radius 1 is 1.09 bits per heavy atom. The lowest BCUT2D eigenvalue weighted by molar-refractivity contribution is -0.119. The van der Waals surface area contributed by atoms with Gasteiger partial charge < -0.3 is 25.2 Å². The van der Waals surface area contributed by atoms with Crippen LogP contribution in [0.1, 0.15) is 39.2 Å². The van der Waals surface area contributed by atoms with E-state index in [1.807, 2.05) is 18.3 Å². The number of urea groups is 1. The maximum atomic E-state index is 14.9. The van der Waals surface area contributed by atoms with E-state index >= 15 is 0 Å². The molecule has 2 amide bonds. The first-order chi connectivity index (χ1) is 21.3. The van der Waals surface area contributed by atoms with Crippen LogP contribution in [0.2, 0.25) is 0 Å². The number of rotatable bonds is 12. The first kappa shape index (κ1) is 32.9. The number of hydrogen-bond acceptors (Lipinski definition) is 9. The van der Waals surface area contributed by atoms with E-state index in [1.165, 1.54) is 36.0 Å². The van der Waals surface area contributed by atoms with Gasteiger partial charge in [0.05, 0.1) is 40.0 Å². The van der Waals surface area contributed by atoms with Gasteiger partial charge in [0.15, 0.2) is 17.3 Å². The van der Waals surface area contributed by atoms with E-state index in [0.29, 0.717) is 24.7 Å². The molecule has 12 heteroatoms. The number of halogens is 1. The number of carbonyl (C=O) groups excluding carboxylic acids is 2. The standard InChI is InChI=1S/C29H32FN5O3S.C3H6O2/c1-3-11-35(12-4-2)16-19-5-7-23(32-15-19)27-14-24-28(39-27)26(9-10-31-24)38-25-8-6-20(13-22(25)30)33-29(36)34-21-17-37-18-21;1-3(5)2-4/h5-10,13-15,21H,3-4,11-12,16-18H2,1-2H3,(H2,33,34,36);4H,2H2,1H3. The number of fused-ring (bicyclic) bond motifs is 1. The summed E-state index contributed by atoms with van der Waals surface area (Å²) in [6.07, 6.45) is 5.84. The molecule has 4 heterocycles. The minimum Gasteiger partial charge on any atom is -0.453 e. The van der Waals surface area contributed by atoms with Crippen molar-refractivity contribution >= 4 is 39.1 Å². The highest BCUT2D eigenvalue weighted by Gasteiger charge is 2.20. The highest BCUT2D eigenvalue weighted by Crippen LogP contribution is 2.39. The molecule has 1 saturated heterocycles. The first-order valence-corrected chi connectivity index (χ1v) is 15.4. The summed E-state index contributed by atoms with van der Waals surface area (Å²) in [5.74, 6) is -0.212. The maximum absolute atomic E-state index is 14.9. The second-order valence-electron chi connectivity index (χ2n) is 10.4. The third-order valence-electron chi connectivity index (χ3n) is 6.54. The van der Waals surface area contributed by atoms with E-state index < -0.39 is 11.8 Å². The van der Waals surface area contributed by atoms with Gasteiger partial charge in [0.2, 0.25) is 0 Å². The molecule has 0 bridgehead atoms. The Hall–Kier alpha value is -3.97. The third-order valence-corrected chi connectivity index (χ3v) is 7.71. The first-order valence-electron chi connectivity index (χ1n) is 14.6. The van der Waals surface area contributed by atoms with E-state index in [9.17, 15) is 14.0 Å². The molecular formula is C32H38FN5O5S. The van der Waals surface area contributed by atoms with Crippen molar-refractivity contribution < 1.29 is 28.6 Å². The van der Waals surface area contributed by atoms with Gasteiger partial charge in [-0.25, -0.2) is 9.18 Å². The van der Waals surface area contributed by atoms with E-state index in [4.69, 9.17) is 19.6 Å². The van der Waals surface area contributed by atoms with Crippen molar-refractivity contribution in [3.63, 3.8) is 0 Å². The summed E-state index contributed by atoms with van der Waals surface area (Å²) in [7, 11) is 0. The summed E-state index contributed by atoms with van der Waals surface area (Å²) in [4.78, 5) is 34.2. The van der Waals surface area contributed by atoms with Crippen LogP contribution in [0.5, 0.6) is 11.5 Å². The van der Waals surface area contributed by atoms with Crippen molar-refractivity contribution in [2.75, 3.05) is 38.2 Å². The number of aliphatic hydroxyl groups is 1. The maximum Gasteiger partial charge on any atom is 0.319 e. The Bertz CT molecular complexity index is 1540. The van der Waals surface area contributed by atoms with Crippen LogP contribution < -0.4 is 15.4 Å². The fraction of sp³-hybridized carbons (Fsp3) is 0.375. The number of ketones is 1. The average molecular weight is 624 g/mol. The molecule has 0 atom stereocenters. The number of ether oxygens (including phenoxy) is 2. The van der Waals surface area contributed by atoms with Crippen LogP contribution in [-0.2, 0) is 16.1 Å². The number of thiophene rings is 1. The van der Waals surface area contributed by atoms with Crippen LogP contribution >= 0.6 is 11.3 Å². The van der Waals surface area contributed by atoms with Crippen LogP contribution in [-0.4, -0.2) is 70.7 Å². The number of aliphatic hydroxyl groups excluding tert-OH is 1. The molecule has 234 valence electrons. The van der Waals surface area contributed by atoms with Crippen LogP contribution in [0.15, 0.2) is 54.9 Å². The number of aromatic nitrogens is 2. The van der Waals surface area contributed by atoms with Gasteiger partial charge in [0, 0.05) is 36.8 Å². The second-order valence-corrected chi connectivity index (χ2v) is 11.5. The van der Waals surface area contributed by atoms with Crippen molar-refractivity contribution in [2.24, 2.45) is 0 Å². The summed E-state index contributed by atoms with van der Waals surface area (Å²) in [5.41, 5.74) is 3.13. The summed E-state index contributed by atoms with van der Waals surface area (Å²) in [5, 5.41) is 13.2. The zero-order valence-electron chi connectivity index (χ0n) is 25.1. The number of pyridine rings is 2. The van der Waals surface area contributed by atoms with E-state index in [1.54, 1.807) is 18.3 Å². The third kappa shape index (κ3) is 9.26. The monoisotopic (exact) mass is 623 g/mol. The molecule has 0 unspecified atom stereocenters. The Balaban J connectivity index is 0.000000818. The van der Waals surface area contributed by atoms with Gasteiger partial charge in [-0.05, 0) is 62.7 Å². The fourth-order valence-electron chi connectivity index (χ4n) is 4.40. The lowest BCUT2D eigenvalue weighted by Gasteiger charge is -2.26. The largest absolute Gasteiger partial charge is 0.453 e. The molecule has 3 aromatic heterocycles. The lowest BCUT2D eigenvalue weighted by atomic mass is 10.2. The van der Waals surface area contributed by atoms with Gasteiger partial charge in [-0.2, -0.15) is 0 Å². The van der Waals surface area contributed by atoms with Gasteiger partial charge in [-0.3, -0.25) is 19.7 Å². The van der Waals surface area contributed by atoms with Gasteiger partial charge in [0.25, 0.3) is 0 Å². The number of nitrogens with one attached hydrogen (secondary N) is 2. The predicted octanol–water partition coefficient (Wildman–Crippen LogP) is 6.00. The van der Waals surface area contributed by atoms with Gasteiger partial charge in [0.1, 0.15) is 12.4 Å². The molecule has 0 aliphatic carbocycles.